The summed E-state index contributed by atoms with van der Waals surface area (Å²) in [6.07, 6.45) is 13.4. The molecule has 2 aliphatic carbocycles. The number of nitrogens with one attached hydrogen (secondary N) is 1. The number of rotatable bonds is 3. The first-order chi connectivity index (χ1) is 9.27. The first-order valence-electron chi connectivity index (χ1n) is 7.83. The summed E-state index contributed by atoms with van der Waals surface area (Å²) in [4.78, 5) is 8.99. The van der Waals surface area contributed by atoms with Crippen molar-refractivity contribution in [3.63, 3.8) is 0 Å². The third kappa shape index (κ3) is 2.90. The van der Waals surface area contributed by atoms with Gasteiger partial charge in [-0.3, -0.25) is 0 Å². The monoisotopic (exact) mass is 259 g/mol. The lowest BCUT2D eigenvalue weighted by atomic mass is 9.89. The Kier molecular flexibility index (Phi) is 3.72. The first kappa shape index (κ1) is 12.9. The third-order valence-electron chi connectivity index (χ3n) is 4.87. The summed E-state index contributed by atoms with van der Waals surface area (Å²) in [7, 11) is 0. The van der Waals surface area contributed by atoms with E-state index < -0.39 is 0 Å². The van der Waals surface area contributed by atoms with Crippen molar-refractivity contribution < 1.29 is 0 Å². The summed E-state index contributed by atoms with van der Waals surface area (Å²) in [5, 5.41) is 3.63. The Morgan fingerprint density at radius 3 is 2.68 bits per heavy atom. The van der Waals surface area contributed by atoms with Crippen molar-refractivity contribution in [3.8, 4) is 0 Å². The molecular formula is C16H25N3. The van der Waals surface area contributed by atoms with E-state index in [0.717, 1.165) is 25.2 Å². The van der Waals surface area contributed by atoms with Crippen LogP contribution in [0.1, 0.15) is 63.1 Å². The highest BCUT2D eigenvalue weighted by Gasteiger charge is 2.28. The molecule has 1 fully saturated rings. The van der Waals surface area contributed by atoms with Crippen LogP contribution in [-0.2, 0) is 12.8 Å². The SMILES string of the molecule is CC1(CNc2ncnc3c2CCCCC3)CCCC1. The molecule has 1 aromatic heterocycles. The molecule has 0 radical (unpaired) electrons. The van der Waals surface area contributed by atoms with Gasteiger partial charge in [-0.25, -0.2) is 9.97 Å². The molecule has 1 saturated carbocycles. The van der Waals surface area contributed by atoms with E-state index in [4.69, 9.17) is 0 Å². The molecule has 3 heteroatoms. The van der Waals surface area contributed by atoms with Crippen LogP contribution in [0.15, 0.2) is 6.33 Å². The fourth-order valence-electron chi connectivity index (χ4n) is 3.55. The molecule has 0 spiro atoms. The molecule has 104 valence electrons. The van der Waals surface area contributed by atoms with Gasteiger partial charge in [0.15, 0.2) is 0 Å². The van der Waals surface area contributed by atoms with E-state index >= 15 is 0 Å². The van der Waals surface area contributed by atoms with Crippen molar-refractivity contribution in [1.82, 2.24) is 9.97 Å². The van der Waals surface area contributed by atoms with Crippen LogP contribution >= 0.6 is 0 Å². The smallest absolute Gasteiger partial charge is 0.132 e. The zero-order valence-corrected chi connectivity index (χ0v) is 12.0. The number of hydrogen-bond acceptors (Lipinski definition) is 3. The lowest BCUT2D eigenvalue weighted by Gasteiger charge is -2.25. The van der Waals surface area contributed by atoms with Crippen molar-refractivity contribution >= 4 is 5.82 Å². The Morgan fingerprint density at radius 1 is 1.05 bits per heavy atom. The molecule has 0 aromatic carbocycles. The van der Waals surface area contributed by atoms with Gasteiger partial charge in [-0.1, -0.05) is 26.2 Å². The molecule has 3 nitrogen and oxygen atoms in total. The van der Waals surface area contributed by atoms with Gasteiger partial charge in [0.1, 0.15) is 12.1 Å². The molecule has 0 atom stereocenters. The quantitative estimate of drug-likeness (QED) is 0.840. The van der Waals surface area contributed by atoms with Crippen LogP contribution < -0.4 is 5.32 Å². The minimum atomic E-state index is 0.475. The summed E-state index contributed by atoms with van der Waals surface area (Å²) < 4.78 is 0. The van der Waals surface area contributed by atoms with Crippen LogP contribution in [0.2, 0.25) is 0 Å². The summed E-state index contributed by atoms with van der Waals surface area (Å²) in [6.45, 7) is 3.48. The number of aryl methyl sites for hydroxylation is 1. The predicted octanol–water partition coefficient (Wildman–Crippen LogP) is 3.74. The Labute approximate surface area is 116 Å². The van der Waals surface area contributed by atoms with Crippen LogP contribution in [0.25, 0.3) is 0 Å². The predicted molar refractivity (Wildman–Crippen MR) is 78.4 cm³/mol. The maximum atomic E-state index is 4.50. The van der Waals surface area contributed by atoms with Crippen molar-refractivity contribution in [3.05, 3.63) is 17.6 Å². The molecule has 1 heterocycles. The van der Waals surface area contributed by atoms with E-state index in [1.54, 1.807) is 6.33 Å². The highest BCUT2D eigenvalue weighted by molar-refractivity contribution is 5.46. The Bertz CT molecular complexity index is 436. The largest absolute Gasteiger partial charge is 0.369 e. The molecule has 19 heavy (non-hydrogen) atoms. The highest BCUT2D eigenvalue weighted by atomic mass is 15.0. The standard InChI is InChI=1S/C16H25N3/c1-16(9-5-6-10-16)11-17-15-13-7-3-2-4-8-14(13)18-12-19-15/h12H,2-11H2,1H3,(H,17,18,19). The molecule has 2 aliphatic rings. The molecular weight excluding hydrogens is 234 g/mol. The lowest BCUT2D eigenvalue weighted by molar-refractivity contribution is 0.361. The topological polar surface area (TPSA) is 37.8 Å². The summed E-state index contributed by atoms with van der Waals surface area (Å²) >= 11 is 0. The van der Waals surface area contributed by atoms with Gasteiger partial charge in [0.25, 0.3) is 0 Å². The van der Waals surface area contributed by atoms with Gasteiger partial charge in [0, 0.05) is 17.8 Å². The number of nitrogens with zero attached hydrogens (tertiary/aromatic N) is 2. The minimum absolute atomic E-state index is 0.475. The average molecular weight is 259 g/mol. The maximum absolute atomic E-state index is 4.50. The van der Waals surface area contributed by atoms with Crippen LogP contribution in [0, 0.1) is 5.41 Å². The molecule has 3 rings (SSSR count). The van der Waals surface area contributed by atoms with Crippen LogP contribution in [0.3, 0.4) is 0 Å². The van der Waals surface area contributed by atoms with Gasteiger partial charge in [-0.2, -0.15) is 0 Å². The van der Waals surface area contributed by atoms with E-state index in [2.05, 4.69) is 22.2 Å². The molecule has 0 amide bonds. The fourth-order valence-corrected chi connectivity index (χ4v) is 3.55. The molecule has 1 N–H and O–H groups in total. The van der Waals surface area contributed by atoms with Gasteiger partial charge in [-0.15, -0.1) is 0 Å². The summed E-state index contributed by atoms with van der Waals surface area (Å²) in [5.74, 6) is 1.11. The van der Waals surface area contributed by atoms with E-state index in [-0.39, 0.29) is 0 Å². The van der Waals surface area contributed by atoms with Gasteiger partial charge in [0.2, 0.25) is 0 Å². The van der Waals surface area contributed by atoms with Crippen LogP contribution in [0.4, 0.5) is 5.82 Å². The second-order valence-corrected chi connectivity index (χ2v) is 6.58. The van der Waals surface area contributed by atoms with Crippen molar-refractivity contribution in [2.45, 2.75) is 64.7 Å². The maximum Gasteiger partial charge on any atom is 0.132 e. The second-order valence-electron chi connectivity index (χ2n) is 6.58. The lowest BCUT2D eigenvalue weighted by Crippen LogP contribution is -2.24. The van der Waals surface area contributed by atoms with Crippen LogP contribution in [0.5, 0.6) is 0 Å². The van der Waals surface area contributed by atoms with Crippen LogP contribution in [-0.4, -0.2) is 16.5 Å². The van der Waals surface area contributed by atoms with Gasteiger partial charge >= 0.3 is 0 Å². The molecule has 0 bridgehead atoms. The van der Waals surface area contributed by atoms with Crippen molar-refractivity contribution in [2.24, 2.45) is 5.41 Å². The van der Waals surface area contributed by atoms with Crippen molar-refractivity contribution in [2.75, 3.05) is 11.9 Å². The third-order valence-corrected chi connectivity index (χ3v) is 4.87. The number of hydrogen-bond donors (Lipinski definition) is 1. The number of fused-ring (bicyclic) bond motifs is 1. The average Bonchev–Trinajstić information content (AvgIpc) is 2.71. The normalized spacial score (nSPS) is 21.7. The zero-order chi connectivity index (χ0) is 13.1. The second kappa shape index (κ2) is 5.48. The molecule has 0 unspecified atom stereocenters. The Balaban J connectivity index is 1.73. The molecule has 0 saturated heterocycles. The van der Waals surface area contributed by atoms with Gasteiger partial charge in [-0.05, 0) is 43.9 Å². The van der Waals surface area contributed by atoms with Crippen molar-refractivity contribution in [1.29, 1.82) is 0 Å². The first-order valence-corrected chi connectivity index (χ1v) is 7.83. The van der Waals surface area contributed by atoms with E-state index in [9.17, 15) is 0 Å². The summed E-state index contributed by atoms with van der Waals surface area (Å²) in [6, 6.07) is 0. The number of aromatic nitrogens is 2. The van der Waals surface area contributed by atoms with E-state index in [0.29, 0.717) is 5.41 Å². The van der Waals surface area contributed by atoms with E-state index in [1.807, 2.05) is 0 Å². The fraction of sp³-hybridized carbons (Fsp3) is 0.750. The van der Waals surface area contributed by atoms with E-state index in [1.165, 1.54) is 56.2 Å². The molecule has 1 aromatic rings. The Hall–Kier alpha value is -1.12. The minimum Gasteiger partial charge on any atom is -0.369 e. The summed E-state index contributed by atoms with van der Waals surface area (Å²) in [5.41, 5.74) is 3.15. The number of anilines is 1. The highest BCUT2D eigenvalue weighted by Crippen LogP contribution is 2.37. The zero-order valence-electron chi connectivity index (χ0n) is 12.0. The molecule has 0 aliphatic heterocycles. The van der Waals surface area contributed by atoms with Gasteiger partial charge in [0.05, 0.1) is 0 Å². The van der Waals surface area contributed by atoms with Gasteiger partial charge < -0.3 is 5.32 Å². The Morgan fingerprint density at radius 2 is 1.84 bits per heavy atom.